The maximum absolute atomic E-state index is 11.5. The van der Waals surface area contributed by atoms with Crippen molar-refractivity contribution in [3.8, 4) is 11.8 Å². The molecule has 0 saturated carbocycles. The van der Waals surface area contributed by atoms with Crippen LogP contribution in [0.15, 0.2) is 54.9 Å². The number of pyridine rings is 1. The summed E-state index contributed by atoms with van der Waals surface area (Å²) < 4.78 is 0. The molecule has 0 bridgehead atoms. The fourth-order valence-electron chi connectivity index (χ4n) is 1.65. The highest BCUT2D eigenvalue weighted by Gasteiger charge is 2.33. The van der Waals surface area contributed by atoms with E-state index < -0.39 is 11.4 Å². The number of carboxylic acid groups (broad SMARTS) is 1. The number of nitrogens with zero attached hydrogens (tertiary/aromatic N) is 1. The predicted molar refractivity (Wildman–Crippen MR) is 72.5 cm³/mol. The van der Waals surface area contributed by atoms with Gasteiger partial charge in [-0.25, -0.2) is 0 Å². The number of aromatic nitrogens is 1. The number of carbonyl (C=O) groups is 1. The van der Waals surface area contributed by atoms with Crippen LogP contribution in [-0.4, -0.2) is 16.1 Å². The largest absolute Gasteiger partial charge is 0.480 e. The molecule has 3 heteroatoms. The summed E-state index contributed by atoms with van der Waals surface area (Å²) in [7, 11) is 0. The molecule has 1 atom stereocenters. The van der Waals surface area contributed by atoms with Crippen LogP contribution in [0.5, 0.6) is 0 Å². The molecule has 94 valence electrons. The quantitative estimate of drug-likeness (QED) is 0.834. The molecule has 1 aromatic heterocycles. The normalized spacial score (nSPS) is 12.9. The lowest BCUT2D eigenvalue weighted by Crippen LogP contribution is -2.30. The fraction of sp³-hybridized carbons (Fsp3) is 0.125. The van der Waals surface area contributed by atoms with E-state index in [0.29, 0.717) is 11.1 Å². The van der Waals surface area contributed by atoms with Crippen LogP contribution in [0.25, 0.3) is 0 Å². The SMILES string of the molecule is CC(C#Cc1cccnc1)(C(=O)O)c1ccccc1. The average Bonchev–Trinajstić information content (AvgIpc) is 2.46. The van der Waals surface area contributed by atoms with Crippen molar-refractivity contribution in [2.75, 3.05) is 0 Å². The highest BCUT2D eigenvalue weighted by molar-refractivity contribution is 5.85. The molecule has 0 saturated heterocycles. The summed E-state index contributed by atoms with van der Waals surface area (Å²) in [6, 6.07) is 12.6. The molecule has 0 aliphatic rings. The van der Waals surface area contributed by atoms with Crippen LogP contribution in [0.1, 0.15) is 18.1 Å². The second-order valence-corrected chi connectivity index (χ2v) is 4.29. The summed E-state index contributed by atoms with van der Waals surface area (Å²) >= 11 is 0. The monoisotopic (exact) mass is 251 g/mol. The Morgan fingerprint density at radius 2 is 1.95 bits per heavy atom. The molecule has 0 radical (unpaired) electrons. The Balaban J connectivity index is 2.43. The number of hydrogen-bond acceptors (Lipinski definition) is 2. The van der Waals surface area contributed by atoms with Gasteiger partial charge in [0, 0.05) is 18.0 Å². The molecule has 0 aliphatic heterocycles. The lowest BCUT2D eigenvalue weighted by atomic mass is 9.83. The van der Waals surface area contributed by atoms with E-state index in [9.17, 15) is 9.90 Å². The smallest absolute Gasteiger partial charge is 0.326 e. The number of rotatable bonds is 2. The van der Waals surface area contributed by atoms with E-state index in [1.807, 2.05) is 18.2 Å². The van der Waals surface area contributed by atoms with Gasteiger partial charge >= 0.3 is 5.97 Å². The highest BCUT2D eigenvalue weighted by Crippen LogP contribution is 2.23. The van der Waals surface area contributed by atoms with E-state index in [1.165, 1.54) is 0 Å². The van der Waals surface area contributed by atoms with Crippen molar-refractivity contribution >= 4 is 5.97 Å². The van der Waals surface area contributed by atoms with Crippen LogP contribution in [-0.2, 0) is 10.2 Å². The van der Waals surface area contributed by atoms with Gasteiger partial charge in [-0.05, 0) is 24.6 Å². The van der Waals surface area contributed by atoms with Crippen molar-refractivity contribution in [1.29, 1.82) is 0 Å². The van der Waals surface area contributed by atoms with Crippen LogP contribution in [0.3, 0.4) is 0 Å². The van der Waals surface area contributed by atoms with Gasteiger partial charge < -0.3 is 5.11 Å². The van der Waals surface area contributed by atoms with E-state index >= 15 is 0 Å². The number of hydrogen-bond donors (Lipinski definition) is 1. The minimum atomic E-state index is -1.23. The van der Waals surface area contributed by atoms with Gasteiger partial charge in [0.25, 0.3) is 0 Å². The third-order valence-electron chi connectivity index (χ3n) is 2.90. The van der Waals surface area contributed by atoms with Crippen LogP contribution < -0.4 is 0 Å². The maximum Gasteiger partial charge on any atom is 0.326 e. The molecule has 0 fully saturated rings. The van der Waals surface area contributed by atoms with Crippen molar-refractivity contribution in [2.45, 2.75) is 12.3 Å². The second kappa shape index (κ2) is 5.36. The van der Waals surface area contributed by atoms with Crippen molar-refractivity contribution in [1.82, 2.24) is 4.98 Å². The summed E-state index contributed by atoms with van der Waals surface area (Å²) in [4.78, 5) is 15.5. The summed E-state index contributed by atoms with van der Waals surface area (Å²) in [6.45, 7) is 1.61. The van der Waals surface area contributed by atoms with Gasteiger partial charge in [0.2, 0.25) is 0 Å². The van der Waals surface area contributed by atoms with Gasteiger partial charge in [0.1, 0.15) is 0 Å². The first-order valence-corrected chi connectivity index (χ1v) is 5.85. The molecular formula is C16H13NO2. The van der Waals surface area contributed by atoms with Crippen molar-refractivity contribution in [3.63, 3.8) is 0 Å². The Bertz CT molecular complexity index is 626. The molecular weight excluding hydrogens is 238 g/mol. The third kappa shape index (κ3) is 2.80. The lowest BCUT2D eigenvalue weighted by Gasteiger charge is -2.18. The summed E-state index contributed by atoms with van der Waals surface area (Å²) in [5.74, 6) is 4.75. The van der Waals surface area contributed by atoms with Crippen LogP contribution in [0.4, 0.5) is 0 Å². The van der Waals surface area contributed by atoms with Crippen molar-refractivity contribution in [3.05, 3.63) is 66.0 Å². The molecule has 1 N–H and O–H groups in total. The summed E-state index contributed by atoms with van der Waals surface area (Å²) in [5, 5.41) is 9.45. The van der Waals surface area contributed by atoms with E-state index in [0.717, 1.165) is 0 Å². The summed E-state index contributed by atoms with van der Waals surface area (Å²) in [6.07, 6.45) is 3.26. The number of benzene rings is 1. The zero-order valence-electron chi connectivity index (χ0n) is 10.5. The van der Waals surface area contributed by atoms with Crippen molar-refractivity contribution < 1.29 is 9.90 Å². The maximum atomic E-state index is 11.5. The Morgan fingerprint density at radius 1 is 1.21 bits per heavy atom. The van der Waals surface area contributed by atoms with Gasteiger partial charge in [-0.15, -0.1) is 0 Å². The molecule has 1 aromatic carbocycles. The molecule has 19 heavy (non-hydrogen) atoms. The predicted octanol–water partition coefficient (Wildman–Crippen LogP) is 2.48. The first-order chi connectivity index (χ1) is 9.13. The molecule has 0 spiro atoms. The number of aliphatic carboxylic acids is 1. The minimum Gasteiger partial charge on any atom is -0.480 e. The van der Waals surface area contributed by atoms with Gasteiger partial charge in [0.15, 0.2) is 5.41 Å². The first kappa shape index (κ1) is 12.8. The average molecular weight is 251 g/mol. The van der Waals surface area contributed by atoms with Crippen LogP contribution >= 0.6 is 0 Å². The first-order valence-electron chi connectivity index (χ1n) is 5.85. The molecule has 0 amide bonds. The molecule has 0 aliphatic carbocycles. The van der Waals surface area contributed by atoms with E-state index in [4.69, 9.17) is 0 Å². The second-order valence-electron chi connectivity index (χ2n) is 4.29. The van der Waals surface area contributed by atoms with Gasteiger partial charge in [-0.2, -0.15) is 0 Å². The number of carboxylic acids is 1. The molecule has 1 unspecified atom stereocenters. The Labute approximate surface area is 111 Å². The van der Waals surface area contributed by atoms with Gasteiger partial charge in [-0.1, -0.05) is 42.2 Å². The Kier molecular flexibility index (Phi) is 3.63. The van der Waals surface area contributed by atoms with Gasteiger partial charge in [0.05, 0.1) is 0 Å². The Hall–Kier alpha value is -2.60. The van der Waals surface area contributed by atoms with Crippen LogP contribution in [0, 0.1) is 11.8 Å². The molecule has 2 aromatic rings. The Morgan fingerprint density at radius 3 is 2.53 bits per heavy atom. The highest BCUT2D eigenvalue weighted by atomic mass is 16.4. The van der Waals surface area contributed by atoms with Crippen LogP contribution in [0.2, 0.25) is 0 Å². The summed E-state index contributed by atoms with van der Waals surface area (Å²) in [5.41, 5.74) is 0.140. The van der Waals surface area contributed by atoms with Gasteiger partial charge in [-0.3, -0.25) is 9.78 Å². The molecule has 3 nitrogen and oxygen atoms in total. The third-order valence-corrected chi connectivity index (χ3v) is 2.90. The fourth-order valence-corrected chi connectivity index (χ4v) is 1.65. The minimum absolute atomic E-state index is 0.666. The van der Waals surface area contributed by atoms with E-state index in [1.54, 1.807) is 43.6 Å². The standard InChI is InChI=1S/C16H13NO2/c1-16(15(18)19,14-7-3-2-4-8-14)10-9-13-6-5-11-17-12-13/h2-8,11-12H,1H3,(H,18,19). The zero-order chi connectivity index (χ0) is 13.7. The molecule has 2 rings (SSSR count). The molecule has 1 heterocycles. The topological polar surface area (TPSA) is 50.2 Å². The van der Waals surface area contributed by atoms with E-state index in [-0.39, 0.29) is 0 Å². The van der Waals surface area contributed by atoms with Crippen molar-refractivity contribution in [2.24, 2.45) is 0 Å². The zero-order valence-corrected chi connectivity index (χ0v) is 10.5. The lowest BCUT2D eigenvalue weighted by molar-refractivity contribution is -0.140. The van der Waals surface area contributed by atoms with E-state index in [2.05, 4.69) is 16.8 Å².